The van der Waals surface area contributed by atoms with Crippen LogP contribution in [0.5, 0.6) is 0 Å². The average molecular weight is 370 g/mol. The fourth-order valence-corrected chi connectivity index (χ4v) is 4.28. The van der Waals surface area contributed by atoms with Gasteiger partial charge < -0.3 is 0 Å². The van der Waals surface area contributed by atoms with E-state index in [0.717, 1.165) is 23.7 Å². The molecule has 0 radical (unpaired) electrons. The molecule has 0 aliphatic heterocycles. The van der Waals surface area contributed by atoms with Crippen LogP contribution in [0.3, 0.4) is 0 Å². The van der Waals surface area contributed by atoms with Crippen molar-refractivity contribution in [1.82, 2.24) is 3.96 Å². The molecule has 3 rings (SSSR count). The van der Waals surface area contributed by atoms with Gasteiger partial charge in [0.15, 0.2) is 0 Å². The van der Waals surface area contributed by atoms with Gasteiger partial charge in [0.25, 0.3) is 14.8 Å². The van der Waals surface area contributed by atoms with Gasteiger partial charge in [-0.2, -0.15) is 0 Å². The Morgan fingerprint density at radius 2 is 1.92 bits per heavy atom. The van der Waals surface area contributed by atoms with Gasteiger partial charge in [-0.3, -0.25) is 13.5 Å². The third-order valence-corrected chi connectivity index (χ3v) is 5.88. The summed E-state index contributed by atoms with van der Waals surface area (Å²) < 4.78 is 55.0. The van der Waals surface area contributed by atoms with Crippen LogP contribution in [0.4, 0.5) is 14.5 Å². The van der Waals surface area contributed by atoms with Gasteiger partial charge in [-0.25, -0.2) is 17.2 Å². The zero-order valence-corrected chi connectivity index (χ0v) is 14.0. The lowest BCUT2D eigenvalue weighted by Gasteiger charge is -2.09. The van der Waals surface area contributed by atoms with E-state index in [-0.39, 0.29) is 10.4 Å². The summed E-state index contributed by atoms with van der Waals surface area (Å²) in [5, 5.41) is 0.377. The molecule has 1 N–H and O–H groups in total. The lowest BCUT2D eigenvalue weighted by atomic mass is 10.2. The number of aryl methyl sites for hydroxylation is 1. The Morgan fingerprint density at radius 3 is 2.58 bits per heavy atom. The molecule has 0 saturated heterocycles. The molecule has 0 aliphatic carbocycles. The SMILES string of the molecule is CCn1sc(=O)c2cc(NS(=O)(=O)c3ccc(F)cc3F)ccc21. The number of rotatable bonds is 4. The van der Waals surface area contributed by atoms with Crippen LogP contribution in [-0.4, -0.2) is 12.4 Å². The monoisotopic (exact) mass is 370 g/mol. The predicted octanol–water partition coefficient (Wildman–Crippen LogP) is 3.16. The van der Waals surface area contributed by atoms with Crippen molar-refractivity contribution in [2.75, 3.05) is 4.72 Å². The van der Waals surface area contributed by atoms with E-state index in [9.17, 15) is 22.0 Å². The second-order valence-electron chi connectivity index (χ2n) is 4.99. The third kappa shape index (κ3) is 2.92. The van der Waals surface area contributed by atoms with Crippen molar-refractivity contribution in [2.24, 2.45) is 0 Å². The largest absolute Gasteiger partial charge is 0.294 e. The van der Waals surface area contributed by atoms with E-state index in [1.807, 2.05) is 6.92 Å². The number of sulfonamides is 1. The Morgan fingerprint density at radius 1 is 1.17 bits per heavy atom. The normalized spacial score (nSPS) is 11.8. The predicted molar refractivity (Wildman–Crippen MR) is 88.9 cm³/mol. The first-order valence-corrected chi connectivity index (χ1v) is 9.19. The Hall–Kier alpha value is -2.26. The highest BCUT2D eigenvalue weighted by molar-refractivity contribution is 7.92. The molecular weight excluding hydrogens is 358 g/mol. The molecular formula is C15H12F2N2O3S2. The molecule has 126 valence electrons. The number of fused-ring (bicyclic) bond motifs is 1. The first-order chi connectivity index (χ1) is 11.3. The van der Waals surface area contributed by atoms with Gasteiger partial charge in [-0.1, -0.05) is 0 Å². The van der Waals surface area contributed by atoms with Crippen molar-refractivity contribution in [2.45, 2.75) is 18.4 Å². The van der Waals surface area contributed by atoms with Crippen LogP contribution in [0.25, 0.3) is 10.9 Å². The Kier molecular flexibility index (Phi) is 4.14. The summed E-state index contributed by atoms with van der Waals surface area (Å²) in [6.45, 7) is 2.51. The van der Waals surface area contributed by atoms with Crippen LogP contribution in [-0.2, 0) is 16.6 Å². The standard InChI is InChI=1S/C15H12F2N2O3S2/c1-2-19-13-5-4-10(8-11(13)15(20)23-19)18-24(21,22)14-6-3-9(16)7-12(14)17/h3-8,18H,2H2,1H3. The van der Waals surface area contributed by atoms with Gasteiger partial charge in [0.1, 0.15) is 16.5 Å². The van der Waals surface area contributed by atoms with E-state index < -0.39 is 26.6 Å². The third-order valence-electron chi connectivity index (χ3n) is 3.40. The van der Waals surface area contributed by atoms with Gasteiger partial charge in [-0.05, 0) is 48.8 Å². The van der Waals surface area contributed by atoms with Crippen molar-refractivity contribution < 1.29 is 17.2 Å². The number of hydrogen-bond acceptors (Lipinski definition) is 4. The molecule has 0 atom stereocenters. The molecule has 0 fully saturated rings. The Balaban J connectivity index is 2.02. The summed E-state index contributed by atoms with van der Waals surface area (Å²) >= 11 is 1.04. The fourth-order valence-electron chi connectivity index (χ4n) is 2.32. The summed E-state index contributed by atoms with van der Waals surface area (Å²) in [4.78, 5) is 11.3. The van der Waals surface area contributed by atoms with Gasteiger partial charge in [0, 0.05) is 18.3 Å². The lowest BCUT2D eigenvalue weighted by Crippen LogP contribution is -2.14. The van der Waals surface area contributed by atoms with Crippen LogP contribution in [0, 0.1) is 11.6 Å². The molecule has 3 aromatic rings. The summed E-state index contributed by atoms with van der Waals surface area (Å²) in [6.07, 6.45) is 0. The van der Waals surface area contributed by atoms with Gasteiger partial charge in [0.2, 0.25) is 0 Å². The molecule has 5 nitrogen and oxygen atoms in total. The second kappa shape index (κ2) is 5.99. The van der Waals surface area contributed by atoms with Crippen LogP contribution in [0.15, 0.2) is 46.1 Å². The molecule has 2 aromatic carbocycles. The zero-order valence-electron chi connectivity index (χ0n) is 12.4. The number of aromatic nitrogens is 1. The number of anilines is 1. The van der Waals surface area contributed by atoms with Crippen molar-refractivity contribution in [3.8, 4) is 0 Å². The van der Waals surface area contributed by atoms with Crippen LogP contribution >= 0.6 is 11.5 Å². The van der Waals surface area contributed by atoms with E-state index in [0.29, 0.717) is 23.5 Å². The van der Waals surface area contributed by atoms with E-state index in [1.54, 1.807) is 10.0 Å². The molecule has 0 amide bonds. The summed E-state index contributed by atoms with van der Waals surface area (Å²) in [7, 11) is -4.24. The van der Waals surface area contributed by atoms with E-state index in [4.69, 9.17) is 0 Å². The molecule has 0 bridgehead atoms. The molecule has 1 aromatic heterocycles. The molecule has 9 heteroatoms. The maximum absolute atomic E-state index is 13.7. The highest BCUT2D eigenvalue weighted by Gasteiger charge is 2.20. The van der Waals surface area contributed by atoms with Crippen LogP contribution in [0.1, 0.15) is 6.92 Å². The average Bonchev–Trinajstić information content (AvgIpc) is 2.82. The number of nitrogens with one attached hydrogen (secondary N) is 1. The smallest absolute Gasteiger partial charge is 0.264 e. The minimum absolute atomic E-state index is 0.129. The van der Waals surface area contributed by atoms with E-state index >= 15 is 0 Å². The van der Waals surface area contributed by atoms with E-state index in [1.165, 1.54) is 12.1 Å². The lowest BCUT2D eigenvalue weighted by molar-refractivity contribution is 0.551. The molecule has 0 unspecified atom stereocenters. The quantitative estimate of drug-likeness (QED) is 0.767. The Bertz CT molecular complexity index is 1090. The van der Waals surface area contributed by atoms with Gasteiger partial charge >= 0.3 is 0 Å². The highest BCUT2D eigenvalue weighted by atomic mass is 32.2. The topological polar surface area (TPSA) is 68.2 Å². The number of hydrogen-bond donors (Lipinski definition) is 1. The van der Waals surface area contributed by atoms with E-state index in [2.05, 4.69) is 4.72 Å². The first-order valence-electron chi connectivity index (χ1n) is 6.93. The summed E-state index contributed by atoms with van der Waals surface area (Å²) in [5.41, 5.74) is 0.827. The second-order valence-corrected chi connectivity index (χ2v) is 7.63. The van der Waals surface area contributed by atoms with Crippen molar-refractivity contribution >= 4 is 38.1 Å². The summed E-state index contributed by atoms with van der Waals surface area (Å²) in [5.74, 6) is -2.06. The van der Waals surface area contributed by atoms with Gasteiger partial charge in [-0.15, -0.1) is 0 Å². The number of halogens is 2. The zero-order chi connectivity index (χ0) is 17.5. The maximum Gasteiger partial charge on any atom is 0.264 e. The molecule has 1 heterocycles. The molecule has 0 spiro atoms. The fraction of sp³-hybridized carbons (Fsp3) is 0.133. The highest BCUT2D eigenvalue weighted by Crippen LogP contribution is 2.23. The first kappa shape index (κ1) is 16.6. The van der Waals surface area contributed by atoms with Gasteiger partial charge in [0.05, 0.1) is 10.9 Å². The number of nitrogens with zero attached hydrogens (tertiary/aromatic N) is 1. The van der Waals surface area contributed by atoms with Crippen LogP contribution < -0.4 is 9.46 Å². The Labute approximate surface area is 140 Å². The van der Waals surface area contributed by atoms with Crippen molar-refractivity contribution in [3.63, 3.8) is 0 Å². The molecule has 24 heavy (non-hydrogen) atoms. The molecule has 0 saturated carbocycles. The van der Waals surface area contributed by atoms with Crippen molar-refractivity contribution in [3.05, 3.63) is 57.6 Å². The van der Waals surface area contributed by atoms with Crippen molar-refractivity contribution in [1.29, 1.82) is 0 Å². The van der Waals surface area contributed by atoms with Crippen LogP contribution in [0.2, 0.25) is 0 Å². The molecule has 0 aliphatic rings. The minimum Gasteiger partial charge on any atom is -0.294 e. The minimum atomic E-state index is -4.24. The number of benzene rings is 2. The summed E-state index contributed by atoms with van der Waals surface area (Å²) in [6, 6.07) is 6.71. The maximum atomic E-state index is 13.7.